The van der Waals surface area contributed by atoms with Gasteiger partial charge in [0.05, 0.1) is 11.2 Å². The predicted octanol–water partition coefficient (Wildman–Crippen LogP) is 4.59. The fourth-order valence-electron chi connectivity index (χ4n) is 2.25. The molecule has 21 heavy (non-hydrogen) atoms. The van der Waals surface area contributed by atoms with E-state index in [0.717, 1.165) is 24.4 Å². The molecule has 0 aliphatic carbocycles. The molecule has 1 aromatic heterocycles. The summed E-state index contributed by atoms with van der Waals surface area (Å²) in [5.41, 5.74) is 4.57. The van der Waals surface area contributed by atoms with Crippen LogP contribution in [0.3, 0.4) is 0 Å². The number of nitrogens with zero attached hydrogens (tertiary/aromatic N) is 1. The Morgan fingerprint density at radius 1 is 1.19 bits per heavy atom. The summed E-state index contributed by atoms with van der Waals surface area (Å²) in [7, 11) is 0. The van der Waals surface area contributed by atoms with Gasteiger partial charge in [0, 0.05) is 15.9 Å². The lowest BCUT2D eigenvalue weighted by atomic mass is 9.94. The molecule has 2 rings (SSSR count). The van der Waals surface area contributed by atoms with E-state index < -0.39 is 0 Å². The molecule has 0 radical (unpaired) electrons. The second-order valence-corrected chi connectivity index (χ2v) is 7.67. The maximum absolute atomic E-state index is 5.96. The maximum Gasteiger partial charge on any atom is 0.0794 e. The van der Waals surface area contributed by atoms with Crippen molar-refractivity contribution in [2.75, 3.05) is 6.54 Å². The van der Waals surface area contributed by atoms with Crippen LogP contribution in [0, 0.1) is 5.92 Å². The van der Waals surface area contributed by atoms with Gasteiger partial charge in [-0.15, -0.1) is 11.3 Å². The zero-order valence-corrected chi connectivity index (χ0v) is 14.5. The predicted molar refractivity (Wildman–Crippen MR) is 92.2 cm³/mol. The second-order valence-electron chi connectivity index (χ2n) is 6.51. The summed E-state index contributed by atoms with van der Waals surface area (Å²) in [6, 6.07) is 8.17. The first-order chi connectivity index (χ1) is 9.92. The SMILES string of the molecule is CC(C)(C)NCC(Cc1ccc(Cl)cc1)Cc1cscn1. The van der Waals surface area contributed by atoms with Crippen molar-refractivity contribution in [1.82, 2.24) is 10.3 Å². The fourth-order valence-corrected chi connectivity index (χ4v) is 2.95. The average molecular weight is 323 g/mol. The molecule has 2 nitrogen and oxygen atoms in total. The molecule has 0 saturated heterocycles. The fraction of sp³-hybridized carbons (Fsp3) is 0.471. The van der Waals surface area contributed by atoms with Crippen LogP contribution in [0.25, 0.3) is 0 Å². The van der Waals surface area contributed by atoms with Crippen LogP contribution in [0.1, 0.15) is 32.0 Å². The molecule has 0 aliphatic heterocycles. The molecule has 114 valence electrons. The molecule has 1 heterocycles. The standard InChI is InChI=1S/C17H23ClN2S/c1-17(2,3)20-10-14(9-16-11-21-12-19-16)8-13-4-6-15(18)7-5-13/h4-7,11-12,14,20H,8-10H2,1-3H3. The molecular formula is C17H23ClN2S. The molecule has 1 atom stereocenters. The lowest BCUT2D eigenvalue weighted by Crippen LogP contribution is -2.40. The molecule has 1 aromatic carbocycles. The highest BCUT2D eigenvalue weighted by Crippen LogP contribution is 2.17. The van der Waals surface area contributed by atoms with Gasteiger partial charge in [-0.3, -0.25) is 0 Å². The van der Waals surface area contributed by atoms with Crippen LogP contribution >= 0.6 is 22.9 Å². The molecule has 0 spiro atoms. The molecule has 1 unspecified atom stereocenters. The molecule has 0 fully saturated rings. The van der Waals surface area contributed by atoms with Gasteiger partial charge < -0.3 is 5.32 Å². The van der Waals surface area contributed by atoms with E-state index in [1.54, 1.807) is 11.3 Å². The molecule has 0 aliphatic rings. The highest BCUT2D eigenvalue weighted by Gasteiger charge is 2.16. The Balaban J connectivity index is 2.01. The first-order valence-electron chi connectivity index (χ1n) is 7.29. The maximum atomic E-state index is 5.96. The number of benzene rings is 1. The second kappa shape index (κ2) is 7.39. The number of halogens is 1. The van der Waals surface area contributed by atoms with Crippen LogP contribution in [0.4, 0.5) is 0 Å². The van der Waals surface area contributed by atoms with Crippen LogP contribution in [0.2, 0.25) is 5.02 Å². The van der Waals surface area contributed by atoms with Crippen molar-refractivity contribution < 1.29 is 0 Å². The minimum atomic E-state index is 0.139. The Labute approximate surface area is 136 Å². The van der Waals surface area contributed by atoms with E-state index in [2.05, 4.69) is 48.6 Å². The van der Waals surface area contributed by atoms with E-state index in [1.807, 2.05) is 17.6 Å². The van der Waals surface area contributed by atoms with E-state index >= 15 is 0 Å². The third kappa shape index (κ3) is 6.16. The summed E-state index contributed by atoms with van der Waals surface area (Å²) in [5.74, 6) is 0.535. The van der Waals surface area contributed by atoms with E-state index in [-0.39, 0.29) is 5.54 Å². The molecule has 0 saturated carbocycles. The van der Waals surface area contributed by atoms with Crippen molar-refractivity contribution in [2.45, 2.75) is 39.2 Å². The summed E-state index contributed by atoms with van der Waals surface area (Å²) in [6.45, 7) is 7.60. The first-order valence-corrected chi connectivity index (χ1v) is 8.61. The van der Waals surface area contributed by atoms with E-state index in [9.17, 15) is 0 Å². The molecule has 2 aromatic rings. The summed E-state index contributed by atoms with van der Waals surface area (Å²) in [5, 5.41) is 6.55. The Hall–Kier alpha value is -0.900. The van der Waals surface area contributed by atoms with Gasteiger partial charge in [0.25, 0.3) is 0 Å². The molecule has 0 amide bonds. The van der Waals surface area contributed by atoms with E-state index in [1.165, 1.54) is 11.3 Å². The Kier molecular flexibility index (Phi) is 5.80. The van der Waals surface area contributed by atoms with Crippen LogP contribution in [-0.2, 0) is 12.8 Å². The Bertz CT molecular complexity index is 529. The van der Waals surface area contributed by atoms with Crippen molar-refractivity contribution >= 4 is 22.9 Å². The third-order valence-electron chi connectivity index (χ3n) is 3.34. The van der Waals surface area contributed by atoms with Crippen molar-refractivity contribution in [1.29, 1.82) is 0 Å². The largest absolute Gasteiger partial charge is 0.312 e. The average Bonchev–Trinajstić information content (AvgIpc) is 2.91. The molecule has 1 N–H and O–H groups in total. The lowest BCUT2D eigenvalue weighted by molar-refractivity contribution is 0.366. The molecule has 4 heteroatoms. The van der Waals surface area contributed by atoms with E-state index in [4.69, 9.17) is 11.6 Å². The Morgan fingerprint density at radius 3 is 2.48 bits per heavy atom. The summed E-state index contributed by atoms with van der Waals surface area (Å²) < 4.78 is 0. The van der Waals surface area contributed by atoms with Crippen molar-refractivity contribution in [2.24, 2.45) is 5.92 Å². The minimum absolute atomic E-state index is 0.139. The highest BCUT2D eigenvalue weighted by molar-refractivity contribution is 7.07. The number of nitrogens with one attached hydrogen (secondary N) is 1. The van der Waals surface area contributed by atoms with Gasteiger partial charge in [0.1, 0.15) is 0 Å². The quantitative estimate of drug-likeness (QED) is 0.841. The van der Waals surface area contributed by atoms with Gasteiger partial charge in [0.15, 0.2) is 0 Å². The number of hydrogen-bond acceptors (Lipinski definition) is 3. The molecular weight excluding hydrogens is 300 g/mol. The van der Waals surface area contributed by atoms with Gasteiger partial charge in [-0.05, 0) is 63.8 Å². The minimum Gasteiger partial charge on any atom is -0.312 e. The van der Waals surface area contributed by atoms with Crippen LogP contribution in [-0.4, -0.2) is 17.1 Å². The highest BCUT2D eigenvalue weighted by atomic mass is 35.5. The first kappa shape index (κ1) is 16.5. The lowest BCUT2D eigenvalue weighted by Gasteiger charge is -2.25. The van der Waals surface area contributed by atoms with Crippen LogP contribution in [0.15, 0.2) is 35.2 Å². The summed E-state index contributed by atoms with van der Waals surface area (Å²) in [4.78, 5) is 4.43. The number of rotatable bonds is 6. The molecule has 0 bridgehead atoms. The van der Waals surface area contributed by atoms with Gasteiger partial charge >= 0.3 is 0 Å². The van der Waals surface area contributed by atoms with Gasteiger partial charge in [0.2, 0.25) is 0 Å². The van der Waals surface area contributed by atoms with Crippen LogP contribution < -0.4 is 5.32 Å². The van der Waals surface area contributed by atoms with Gasteiger partial charge in [-0.1, -0.05) is 23.7 Å². The zero-order chi connectivity index (χ0) is 15.3. The van der Waals surface area contributed by atoms with Gasteiger partial charge in [-0.25, -0.2) is 4.98 Å². The van der Waals surface area contributed by atoms with E-state index in [0.29, 0.717) is 5.92 Å². The van der Waals surface area contributed by atoms with Crippen molar-refractivity contribution in [3.63, 3.8) is 0 Å². The summed E-state index contributed by atoms with van der Waals surface area (Å²) >= 11 is 7.63. The zero-order valence-electron chi connectivity index (χ0n) is 12.9. The van der Waals surface area contributed by atoms with Crippen LogP contribution in [0.5, 0.6) is 0 Å². The van der Waals surface area contributed by atoms with Crippen molar-refractivity contribution in [3.05, 3.63) is 51.4 Å². The normalized spacial score (nSPS) is 13.3. The topological polar surface area (TPSA) is 24.9 Å². The monoisotopic (exact) mass is 322 g/mol. The smallest absolute Gasteiger partial charge is 0.0794 e. The third-order valence-corrected chi connectivity index (χ3v) is 4.23. The number of aromatic nitrogens is 1. The summed E-state index contributed by atoms with van der Waals surface area (Å²) in [6.07, 6.45) is 2.05. The van der Waals surface area contributed by atoms with Gasteiger partial charge in [-0.2, -0.15) is 0 Å². The van der Waals surface area contributed by atoms with Crippen molar-refractivity contribution in [3.8, 4) is 0 Å². The Morgan fingerprint density at radius 2 is 1.90 bits per heavy atom. The number of hydrogen-bond donors (Lipinski definition) is 1. The number of thiazole rings is 1.